The summed E-state index contributed by atoms with van der Waals surface area (Å²) in [5.41, 5.74) is 3.51. The number of nitrogens with zero attached hydrogens (tertiary/aromatic N) is 2. The fraction of sp³-hybridized carbons (Fsp3) is 0.233. The quantitative estimate of drug-likeness (QED) is 0.442. The molecule has 0 saturated carbocycles. The maximum atomic E-state index is 13.1. The molecule has 3 aromatic rings. The summed E-state index contributed by atoms with van der Waals surface area (Å²) in [4.78, 5) is 26.4. The molecule has 0 unspecified atom stereocenters. The van der Waals surface area contributed by atoms with Crippen LogP contribution in [0.15, 0.2) is 83.5 Å². The van der Waals surface area contributed by atoms with Crippen LogP contribution >= 0.6 is 0 Å². The first-order valence-corrected chi connectivity index (χ1v) is 14.3. The summed E-state index contributed by atoms with van der Waals surface area (Å²) in [6, 6.07) is 19.4. The fourth-order valence-corrected chi connectivity index (χ4v) is 6.15. The van der Waals surface area contributed by atoms with E-state index in [1.54, 1.807) is 31.2 Å². The number of ether oxygens (including phenoxy) is 2. The number of likely N-dealkylation sites (N-methyl/N-ethyl adjacent to an activating group) is 1. The number of hydrogen-bond acceptors (Lipinski definition) is 7. The van der Waals surface area contributed by atoms with Crippen molar-refractivity contribution < 1.29 is 27.5 Å². The summed E-state index contributed by atoms with van der Waals surface area (Å²) in [5.74, 6) is 2.29. The predicted molar refractivity (Wildman–Crippen MR) is 151 cm³/mol. The lowest BCUT2D eigenvalue weighted by atomic mass is 9.93. The highest BCUT2D eigenvalue weighted by atomic mass is 32.2. The molecule has 0 aliphatic carbocycles. The zero-order chi connectivity index (χ0) is 28.3. The number of nitrogens with one attached hydrogen (secondary N) is 1. The Morgan fingerprint density at radius 3 is 2.50 bits per heavy atom. The van der Waals surface area contributed by atoms with Crippen molar-refractivity contribution >= 4 is 33.1 Å². The predicted octanol–water partition coefficient (Wildman–Crippen LogP) is 3.49. The van der Waals surface area contributed by atoms with Gasteiger partial charge in [0.05, 0.1) is 4.90 Å². The van der Waals surface area contributed by atoms with Gasteiger partial charge in [-0.15, -0.1) is 0 Å². The van der Waals surface area contributed by atoms with Gasteiger partial charge in [0.2, 0.25) is 15.8 Å². The second-order valence-corrected chi connectivity index (χ2v) is 11.6. The molecule has 2 heterocycles. The van der Waals surface area contributed by atoms with Crippen LogP contribution in [0.25, 0.3) is 5.57 Å². The van der Waals surface area contributed by atoms with Crippen molar-refractivity contribution in [2.75, 3.05) is 45.2 Å². The van der Waals surface area contributed by atoms with Crippen LogP contribution in [0.5, 0.6) is 11.5 Å². The third-order valence-electron chi connectivity index (χ3n) is 6.90. The number of benzene rings is 3. The number of hydrogen-bond donors (Lipinski definition) is 1. The van der Waals surface area contributed by atoms with Gasteiger partial charge in [0.1, 0.15) is 11.5 Å². The van der Waals surface area contributed by atoms with Crippen molar-refractivity contribution in [2.24, 2.45) is 0 Å². The molecule has 0 aromatic heterocycles. The average Bonchev–Trinajstić information content (AvgIpc) is 2.97. The summed E-state index contributed by atoms with van der Waals surface area (Å²) < 4.78 is 39.2. The number of sulfonamides is 1. The smallest absolute Gasteiger partial charge is 0.262 e. The Morgan fingerprint density at radius 2 is 1.77 bits per heavy atom. The number of anilines is 1. The van der Waals surface area contributed by atoms with Crippen LogP contribution in [0.1, 0.15) is 16.7 Å². The minimum absolute atomic E-state index is 0.0516. The topological polar surface area (TPSA) is 105 Å². The highest BCUT2D eigenvalue weighted by Gasteiger charge is 2.28. The summed E-state index contributed by atoms with van der Waals surface area (Å²) in [7, 11) is -1.71. The number of carbonyl (C=O) groups excluding carboxylic acids is 2. The normalized spacial score (nSPS) is 15.8. The summed E-state index contributed by atoms with van der Waals surface area (Å²) in [6.07, 6.45) is 1.65. The second kappa shape index (κ2) is 11.5. The Hall–Kier alpha value is -4.21. The van der Waals surface area contributed by atoms with E-state index in [0.717, 1.165) is 16.7 Å². The zero-order valence-corrected chi connectivity index (χ0v) is 23.0. The number of allylic oxidation sites excluding steroid dienone is 1. The number of piperazine rings is 1. The Bertz CT molecular complexity index is 1620. The van der Waals surface area contributed by atoms with Crippen LogP contribution in [0, 0.1) is 6.92 Å². The van der Waals surface area contributed by atoms with Crippen molar-refractivity contribution in [1.29, 1.82) is 0 Å². The van der Waals surface area contributed by atoms with Gasteiger partial charge < -0.3 is 19.7 Å². The molecule has 3 aromatic carbocycles. The van der Waals surface area contributed by atoms with Crippen LogP contribution in [-0.4, -0.2) is 69.3 Å². The van der Waals surface area contributed by atoms with Crippen molar-refractivity contribution in [3.63, 3.8) is 0 Å². The van der Waals surface area contributed by atoms with Gasteiger partial charge in [-0.1, -0.05) is 36.4 Å². The van der Waals surface area contributed by atoms with E-state index in [2.05, 4.69) is 10.2 Å². The van der Waals surface area contributed by atoms with E-state index in [1.165, 1.54) is 16.4 Å². The largest absolute Gasteiger partial charge is 0.483 e. The van der Waals surface area contributed by atoms with Crippen molar-refractivity contribution in [3.05, 3.63) is 95.3 Å². The zero-order valence-electron chi connectivity index (χ0n) is 22.2. The number of amides is 1. The molecule has 10 heteroatoms. The number of carbonyl (C=O) groups is 1. The molecular weight excluding hydrogens is 530 g/mol. The van der Waals surface area contributed by atoms with Gasteiger partial charge in [-0.3, -0.25) is 4.79 Å². The molecular formula is C30H29N3O6S. The monoisotopic (exact) mass is 559 g/mol. The lowest BCUT2D eigenvalue weighted by molar-refractivity contribution is -0.118. The van der Waals surface area contributed by atoms with Crippen molar-refractivity contribution in [1.82, 2.24) is 9.21 Å². The van der Waals surface area contributed by atoms with Crippen molar-refractivity contribution in [3.8, 4) is 11.5 Å². The first kappa shape index (κ1) is 27.4. The van der Waals surface area contributed by atoms with E-state index in [0.29, 0.717) is 48.9 Å². The fourth-order valence-electron chi connectivity index (χ4n) is 4.68. The molecule has 0 radical (unpaired) electrons. The van der Waals surface area contributed by atoms with Crippen LogP contribution in [0.3, 0.4) is 0 Å². The van der Waals surface area contributed by atoms with Crippen LogP contribution in [0.2, 0.25) is 0 Å². The van der Waals surface area contributed by atoms with Gasteiger partial charge in [-0.2, -0.15) is 4.31 Å². The minimum Gasteiger partial charge on any atom is -0.483 e. The van der Waals surface area contributed by atoms with E-state index in [-0.39, 0.29) is 17.3 Å². The van der Waals surface area contributed by atoms with Gasteiger partial charge in [0.15, 0.2) is 12.5 Å². The first-order valence-electron chi connectivity index (χ1n) is 12.8. The molecule has 1 amide bonds. The number of rotatable bonds is 7. The Morgan fingerprint density at radius 1 is 1.02 bits per heavy atom. The van der Waals surface area contributed by atoms with E-state index >= 15 is 0 Å². The van der Waals surface area contributed by atoms with E-state index in [4.69, 9.17) is 9.47 Å². The van der Waals surface area contributed by atoms with Gasteiger partial charge in [0.25, 0.3) is 5.91 Å². The highest BCUT2D eigenvalue weighted by Crippen LogP contribution is 2.42. The molecule has 5 rings (SSSR count). The molecule has 206 valence electrons. The molecule has 40 heavy (non-hydrogen) atoms. The molecule has 2 aliphatic heterocycles. The van der Waals surface area contributed by atoms with Gasteiger partial charge >= 0.3 is 0 Å². The van der Waals surface area contributed by atoms with Gasteiger partial charge in [-0.05, 0) is 55.4 Å². The van der Waals surface area contributed by atoms with Gasteiger partial charge in [0, 0.05) is 49.1 Å². The highest BCUT2D eigenvalue weighted by molar-refractivity contribution is 7.89. The number of fused-ring (bicyclic) bond motifs is 1. The molecule has 1 fully saturated rings. The lowest BCUT2D eigenvalue weighted by Crippen LogP contribution is -2.47. The minimum atomic E-state index is -3.67. The van der Waals surface area contributed by atoms with E-state index in [9.17, 15) is 18.0 Å². The maximum absolute atomic E-state index is 13.1. The molecule has 1 saturated heterocycles. The third-order valence-corrected chi connectivity index (χ3v) is 8.79. The molecule has 0 bridgehead atoms. The van der Waals surface area contributed by atoms with E-state index < -0.39 is 15.9 Å². The first-order chi connectivity index (χ1) is 19.3. The Kier molecular flexibility index (Phi) is 7.86. The summed E-state index contributed by atoms with van der Waals surface area (Å²) >= 11 is 0. The molecule has 2 aliphatic rings. The van der Waals surface area contributed by atoms with Crippen LogP contribution < -0.4 is 14.8 Å². The summed E-state index contributed by atoms with van der Waals surface area (Å²) in [5, 5.41) is 2.71. The van der Waals surface area contributed by atoms with Crippen molar-refractivity contribution in [2.45, 2.75) is 11.8 Å². The van der Waals surface area contributed by atoms with E-state index in [1.807, 2.05) is 49.4 Å². The standard InChI is InChI=1S/C30H29N3O6S/c1-21-28(12-11-26-27(22-7-4-3-5-8-22)18-24(19-34)39-30(21)26)38-20-29(35)31-23-9-6-10-25(17-23)40(36,37)33-15-13-32(2)14-16-33/h3-12,17-18H,13-16,20H2,1-2H3,(H,31,35). The second-order valence-electron chi connectivity index (χ2n) is 9.63. The van der Waals surface area contributed by atoms with Gasteiger partial charge in [-0.25, -0.2) is 13.2 Å². The molecule has 0 atom stereocenters. The average molecular weight is 560 g/mol. The van der Waals surface area contributed by atoms with Crippen LogP contribution in [-0.2, 0) is 19.6 Å². The summed E-state index contributed by atoms with van der Waals surface area (Å²) in [6.45, 7) is 3.63. The SMILES string of the molecule is Cc1c(OCC(=O)Nc2cccc(S(=O)(=O)N3CCN(C)CC3)c2)ccc2c1OC(=C=O)C=C2c1ccccc1. The molecule has 1 N–H and O–H groups in total. The lowest BCUT2D eigenvalue weighted by Gasteiger charge is -2.31. The maximum Gasteiger partial charge on any atom is 0.262 e. The Balaban J connectivity index is 1.28. The Labute approximate surface area is 233 Å². The van der Waals surface area contributed by atoms with Crippen LogP contribution in [0.4, 0.5) is 5.69 Å². The third kappa shape index (κ3) is 5.71. The molecule has 0 spiro atoms. The molecule has 9 nitrogen and oxygen atoms in total.